The molecule has 0 unspecified atom stereocenters. The molecular weight excluding hydrogens is 993 g/mol. The van der Waals surface area contributed by atoms with E-state index in [1.54, 1.807) is 12.4 Å². The first kappa shape index (κ1) is 50.4. The topological polar surface area (TPSA) is 90.3 Å². The molecule has 2 aliphatic heterocycles. The molecule has 6 aromatic rings. The van der Waals surface area contributed by atoms with Gasteiger partial charge in [0.15, 0.2) is 11.3 Å². The van der Waals surface area contributed by atoms with Crippen molar-refractivity contribution in [3.8, 4) is 0 Å². The Hall–Kier alpha value is -5.22. The standard InChI is InChI=1S/2C19H17N5.2F6P.Pd/c2*1-14-11-15(2)21-19-17(14)6-7-18(22-19)24-10-9-23(13-24)12-16-5-3-4-8-20-16;2*1-7(2,3,4,5)6;/h2*3-11H,12H2,1-2H3;;;/q;;2*-1;+2. The van der Waals surface area contributed by atoms with Gasteiger partial charge in [-0.25, -0.2) is 19.9 Å². The largest absolute Gasteiger partial charge is 2.00 e. The number of fused-ring (bicyclic) bond motifs is 2. The van der Waals surface area contributed by atoms with E-state index in [9.17, 15) is 50.4 Å². The maximum Gasteiger partial charge on any atom is 2.00 e. The van der Waals surface area contributed by atoms with Crippen molar-refractivity contribution in [3.05, 3.63) is 157 Å². The second-order valence-corrected chi connectivity index (χ2v) is 17.4. The van der Waals surface area contributed by atoms with Crippen LogP contribution in [0.2, 0.25) is 0 Å². The Morgan fingerprint density at radius 3 is 1.14 bits per heavy atom. The number of pyridine rings is 6. The second-order valence-electron chi connectivity index (χ2n) is 13.6. The Bertz CT molecular complexity index is 2410. The predicted octanol–water partition coefficient (Wildman–Crippen LogP) is 13.6. The quantitative estimate of drug-likeness (QED) is 0.0913. The molecule has 4 radical (unpaired) electrons. The number of anilines is 2. The summed E-state index contributed by atoms with van der Waals surface area (Å²) in [5.74, 6) is 1.61. The van der Waals surface area contributed by atoms with E-state index in [0.29, 0.717) is 13.1 Å². The van der Waals surface area contributed by atoms with Crippen LogP contribution in [0.25, 0.3) is 22.1 Å². The molecule has 0 saturated carbocycles. The van der Waals surface area contributed by atoms with Crippen LogP contribution in [-0.2, 0) is 33.5 Å². The van der Waals surface area contributed by atoms with Crippen LogP contribution in [0, 0.1) is 41.0 Å². The van der Waals surface area contributed by atoms with Crippen molar-refractivity contribution in [1.82, 2.24) is 39.7 Å². The van der Waals surface area contributed by atoms with Gasteiger partial charge in [-0.1, -0.05) is 12.1 Å². The summed E-state index contributed by atoms with van der Waals surface area (Å²) in [6.07, 6.45) is 11.4. The monoisotopic (exact) mass is 1030 g/mol. The maximum absolute atomic E-state index is 10.7. The van der Waals surface area contributed by atoms with E-state index < -0.39 is 15.6 Å². The SMILES string of the molecule is Cc1cc(C)c2ccc(N3[C]N(Cc4ccccn4)C=C3)nc2n1.Cc1cc(C)c2ccc(N3[C]N(Cc4ccccn4)C=C3)nc2n1.F[P-](F)(F)(F)(F)F.F[P-](F)(F)(F)(F)F.[Pd+2]. The van der Waals surface area contributed by atoms with E-state index in [2.05, 4.69) is 81.4 Å². The van der Waals surface area contributed by atoms with Crippen LogP contribution in [0.3, 0.4) is 0 Å². The molecule has 0 amide bonds. The molecule has 25 heteroatoms. The number of aromatic nitrogens is 6. The molecule has 340 valence electrons. The first-order chi connectivity index (χ1) is 28.3. The first-order valence-electron chi connectivity index (χ1n) is 17.7. The van der Waals surface area contributed by atoms with Crippen molar-refractivity contribution in [2.45, 2.75) is 40.8 Å². The van der Waals surface area contributed by atoms with Gasteiger partial charge < -0.3 is 9.80 Å². The van der Waals surface area contributed by atoms with Crippen LogP contribution >= 0.6 is 15.6 Å². The average molecular weight is 1030 g/mol. The molecule has 0 atom stereocenters. The van der Waals surface area contributed by atoms with Crippen LogP contribution in [0.15, 0.2) is 110 Å². The Morgan fingerprint density at radius 1 is 0.476 bits per heavy atom. The minimum Gasteiger partial charge on any atom is 2.00 e. The zero-order valence-electron chi connectivity index (χ0n) is 33.0. The molecule has 0 spiro atoms. The van der Waals surface area contributed by atoms with Gasteiger partial charge in [-0.3, -0.25) is 19.8 Å². The van der Waals surface area contributed by atoms with Crippen LogP contribution in [-0.4, -0.2) is 39.7 Å². The van der Waals surface area contributed by atoms with Crippen LogP contribution < -0.4 is 9.80 Å². The fraction of sp³-hybridized carbons (Fsp3) is 0.158. The van der Waals surface area contributed by atoms with Gasteiger partial charge in [-0.15, -0.1) is 0 Å². The summed E-state index contributed by atoms with van der Waals surface area (Å²) in [5.41, 5.74) is 7.87. The van der Waals surface area contributed by atoms with E-state index in [1.165, 1.54) is 11.1 Å². The molecule has 0 N–H and O–H groups in total. The fourth-order valence-electron chi connectivity index (χ4n) is 5.58. The molecule has 10 nitrogen and oxygen atoms in total. The van der Waals surface area contributed by atoms with Crippen LogP contribution in [0.4, 0.5) is 62.0 Å². The molecule has 0 fully saturated rings. The predicted molar refractivity (Wildman–Crippen MR) is 214 cm³/mol. The summed E-state index contributed by atoms with van der Waals surface area (Å²) in [6.45, 7) is 16.1. The number of halogens is 12. The van der Waals surface area contributed by atoms with Gasteiger partial charge >= 0.3 is 86.4 Å². The van der Waals surface area contributed by atoms with E-state index in [4.69, 9.17) is 0 Å². The van der Waals surface area contributed by atoms with Gasteiger partial charge in [0.1, 0.15) is 11.6 Å². The van der Waals surface area contributed by atoms with Crippen molar-refractivity contribution >= 4 is 49.3 Å². The van der Waals surface area contributed by atoms with Crippen LogP contribution in [0.5, 0.6) is 0 Å². The number of nitrogens with zero attached hydrogens (tertiary/aromatic N) is 10. The Labute approximate surface area is 366 Å². The number of aryl methyl sites for hydroxylation is 4. The first-order valence-corrected chi connectivity index (χ1v) is 21.8. The van der Waals surface area contributed by atoms with Crippen LogP contribution in [0.1, 0.15) is 33.9 Å². The third-order valence-corrected chi connectivity index (χ3v) is 7.86. The van der Waals surface area contributed by atoms with Crippen molar-refractivity contribution in [2.24, 2.45) is 0 Å². The smallest absolute Gasteiger partial charge is 2.00 e. The maximum atomic E-state index is 9.87. The normalized spacial score (nSPS) is 15.7. The minimum atomic E-state index is -10.7. The molecule has 0 bridgehead atoms. The third kappa shape index (κ3) is 19.0. The van der Waals surface area contributed by atoms with E-state index in [-0.39, 0.29) is 20.4 Å². The molecule has 8 heterocycles. The molecule has 8 rings (SSSR count). The molecule has 0 aliphatic carbocycles. The van der Waals surface area contributed by atoms with Crippen molar-refractivity contribution in [1.29, 1.82) is 0 Å². The number of hydrogen-bond acceptors (Lipinski definition) is 10. The molecular formula is C38H34F12N10P2Pd. The van der Waals surface area contributed by atoms with Gasteiger partial charge in [0.25, 0.3) is 0 Å². The average Bonchev–Trinajstić information content (AvgIpc) is 3.80. The summed E-state index contributed by atoms with van der Waals surface area (Å²) >= 11 is 0. The van der Waals surface area contributed by atoms with E-state index in [0.717, 1.165) is 56.5 Å². The molecule has 2 aliphatic rings. The zero-order chi connectivity index (χ0) is 45.9. The molecule has 63 heavy (non-hydrogen) atoms. The van der Waals surface area contributed by atoms with Crippen molar-refractivity contribution in [3.63, 3.8) is 0 Å². The molecule has 6 aromatic heterocycles. The van der Waals surface area contributed by atoms with E-state index in [1.807, 2.05) is 107 Å². The second kappa shape index (κ2) is 17.4. The van der Waals surface area contributed by atoms with Gasteiger partial charge in [-0.05, 0) is 99.5 Å². The number of hydrogen-bond donors (Lipinski definition) is 0. The molecule has 0 aromatic carbocycles. The summed E-state index contributed by atoms with van der Waals surface area (Å²) in [4.78, 5) is 34.8. The summed E-state index contributed by atoms with van der Waals surface area (Å²) < 4.78 is 118. The summed E-state index contributed by atoms with van der Waals surface area (Å²) in [5, 5.41) is 2.16. The third-order valence-electron chi connectivity index (χ3n) is 7.86. The van der Waals surface area contributed by atoms with Crippen molar-refractivity contribution in [2.75, 3.05) is 9.80 Å². The summed E-state index contributed by atoms with van der Waals surface area (Å²) in [7, 11) is -21.3. The zero-order valence-corrected chi connectivity index (χ0v) is 36.4. The Kier molecular flexibility index (Phi) is 13.9. The molecule has 0 saturated heterocycles. The van der Waals surface area contributed by atoms with Gasteiger partial charge in [0.05, 0.1) is 24.5 Å². The fourth-order valence-corrected chi connectivity index (χ4v) is 5.58. The Balaban J connectivity index is 0.000000211. The van der Waals surface area contributed by atoms with Gasteiger partial charge in [0.2, 0.25) is 13.3 Å². The van der Waals surface area contributed by atoms with Gasteiger partial charge in [0, 0.05) is 59.4 Å². The summed E-state index contributed by atoms with van der Waals surface area (Å²) in [6, 6.07) is 24.1. The van der Waals surface area contributed by atoms with E-state index >= 15 is 0 Å². The van der Waals surface area contributed by atoms with Crippen molar-refractivity contribution < 1.29 is 70.8 Å². The minimum absolute atomic E-state index is 0. The van der Waals surface area contributed by atoms with Gasteiger partial charge in [-0.2, -0.15) is 0 Å². The Morgan fingerprint density at radius 2 is 0.825 bits per heavy atom. The number of rotatable bonds is 6.